The number of carbonyl (C=O) groups excluding carboxylic acids is 1. The summed E-state index contributed by atoms with van der Waals surface area (Å²) in [7, 11) is 0. The first-order chi connectivity index (χ1) is 10.5. The monoisotopic (exact) mass is 339 g/mol. The zero-order valence-corrected chi connectivity index (χ0v) is 13.0. The van der Waals surface area contributed by atoms with Gasteiger partial charge in [0.05, 0.1) is 22.7 Å². The lowest BCUT2D eigenvalue weighted by Crippen LogP contribution is -2.15. The summed E-state index contributed by atoms with van der Waals surface area (Å²) in [5.41, 5.74) is 7.33. The third-order valence-corrected chi connectivity index (χ3v) is 4.28. The molecule has 1 aliphatic rings. The summed E-state index contributed by atoms with van der Waals surface area (Å²) < 4.78 is 15.9. The van der Waals surface area contributed by atoms with Gasteiger partial charge >= 0.3 is 0 Å². The molecule has 0 fully saturated rings. The minimum Gasteiger partial charge on any atom is -0.369 e. The summed E-state index contributed by atoms with van der Waals surface area (Å²) in [6.45, 7) is 0.548. The molecule has 2 aromatic rings. The van der Waals surface area contributed by atoms with Crippen LogP contribution in [0.4, 0.5) is 4.39 Å². The van der Waals surface area contributed by atoms with Gasteiger partial charge in [-0.25, -0.2) is 4.98 Å². The van der Waals surface area contributed by atoms with Crippen molar-refractivity contribution in [3.05, 3.63) is 45.6 Å². The minimum atomic E-state index is -0.615. The topological polar surface area (TPSA) is 60.9 Å². The molecular weight excluding hydrogens is 328 g/mol. The van der Waals surface area contributed by atoms with Crippen LogP contribution >= 0.6 is 23.2 Å². The van der Waals surface area contributed by atoms with Gasteiger partial charge in [-0.05, 0) is 18.2 Å². The van der Waals surface area contributed by atoms with E-state index >= 15 is 0 Å². The number of amides is 1. The van der Waals surface area contributed by atoms with Gasteiger partial charge in [-0.2, -0.15) is 4.39 Å². The van der Waals surface area contributed by atoms with Crippen LogP contribution in [0.15, 0.2) is 23.4 Å². The molecule has 0 aromatic carbocycles. The number of carbonyl (C=O) groups is 1. The van der Waals surface area contributed by atoms with Gasteiger partial charge in [0, 0.05) is 35.5 Å². The predicted octanol–water partition coefficient (Wildman–Crippen LogP) is 3.35. The molecule has 0 unspecified atom stereocenters. The Morgan fingerprint density at radius 3 is 2.91 bits per heavy atom. The Balaban J connectivity index is 2.28. The van der Waals surface area contributed by atoms with E-state index in [9.17, 15) is 9.18 Å². The first kappa shape index (κ1) is 15.1. The summed E-state index contributed by atoms with van der Waals surface area (Å²) in [6.07, 6.45) is 3.70. The molecule has 2 N–H and O–H groups in total. The highest BCUT2D eigenvalue weighted by atomic mass is 35.5. The normalized spacial score (nSPS) is 13.7. The highest BCUT2D eigenvalue weighted by Crippen LogP contribution is 2.40. The van der Waals surface area contributed by atoms with Gasteiger partial charge < -0.3 is 10.3 Å². The van der Waals surface area contributed by atoms with Gasteiger partial charge in [-0.15, -0.1) is 0 Å². The highest BCUT2D eigenvalue weighted by molar-refractivity contribution is 6.35. The number of allylic oxidation sites excluding steroid dienone is 1. The van der Waals surface area contributed by atoms with E-state index in [1.54, 1.807) is 18.2 Å². The van der Waals surface area contributed by atoms with Crippen LogP contribution in [-0.4, -0.2) is 15.5 Å². The SMILES string of the molecule is NC(=O)Cc1c(Cl)c(-c2cccnc2F)n2c1C=C(Cl)CC2. The van der Waals surface area contributed by atoms with Crippen molar-refractivity contribution in [2.45, 2.75) is 19.4 Å². The number of aromatic nitrogens is 2. The number of halogens is 3. The van der Waals surface area contributed by atoms with E-state index in [0.717, 1.165) is 0 Å². The Morgan fingerprint density at radius 1 is 1.45 bits per heavy atom. The lowest BCUT2D eigenvalue weighted by atomic mass is 10.1. The highest BCUT2D eigenvalue weighted by Gasteiger charge is 2.26. The number of fused-ring (bicyclic) bond motifs is 1. The number of hydrogen-bond acceptors (Lipinski definition) is 2. The molecule has 0 spiro atoms. The molecule has 4 nitrogen and oxygen atoms in total. The van der Waals surface area contributed by atoms with Crippen molar-refractivity contribution in [1.29, 1.82) is 0 Å². The van der Waals surface area contributed by atoms with Gasteiger partial charge in [0.15, 0.2) is 0 Å². The summed E-state index contributed by atoms with van der Waals surface area (Å²) in [5.74, 6) is -1.13. The molecule has 0 saturated carbocycles. The molecule has 7 heteroatoms. The number of rotatable bonds is 3. The van der Waals surface area contributed by atoms with Gasteiger partial charge in [0.1, 0.15) is 0 Å². The molecule has 0 saturated heterocycles. The van der Waals surface area contributed by atoms with E-state index in [1.807, 2.05) is 4.57 Å². The maximum absolute atomic E-state index is 14.1. The summed E-state index contributed by atoms with van der Waals surface area (Å²) in [4.78, 5) is 15.0. The standard InChI is InChI=1S/C15H12Cl2FN3O/c16-8-3-5-21-11(6-8)10(7-12(19)22)13(17)14(21)9-2-1-4-20-15(9)18/h1-2,4,6H,3,5,7H2,(H2,19,22). The Kier molecular flexibility index (Phi) is 3.93. The molecule has 0 aliphatic carbocycles. The average Bonchev–Trinajstić information content (AvgIpc) is 2.72. The smallest absolute Gasteiger partial charge is 0.222 e. The van der Waals surface area contributed by atoms with E-state index in [1.165, 1.54) is 6.20 Å². The molecule has 3 rings (SSSR count). The van der Waals surface area contributed by atoms with E-state index < -0.39 is 11.9 Å². The van der Waals surface area contributed by atoms with E-state index in [4.69, 9.17) is 28.9 Å². The van der Waals surface area contributed by atoms with Gasteiger partial charge in [0.2, 0.25) is 11.9 Å². The maximum Gasteiger partial charge on any atom is 0.222 e. The van der Waals surface area contributed by atoms with Crippen LogP contribution in [-0.2, 0) is 17.8 Å². The number of pyridine rings is 1. The van der Waals surface area contributed by atoms with Crippen molar-refractivity contribution in [3.63, 3.8) is 0 Å². The predicted molar refractivity (Wildman–Crippen MR) is 84.0 cm³/mol. The van der Waals surface area contributed by atoms with Crippen LogP contribution in [0.2, 0.25) is 5.02 Å². The van der Waals surface area contributed by atoms with Crippen LogP contribution in [0, 0.1) is 5.95 Å². The number of nitrogens with two attached hydrogens (primary N) is 1. The van der Waals surface area contributed by atoms with Crippen LogP contribution in [0.5, 0.6) is 0 Å². The first-order valence-corrected chi connectivity index (χ1v) is 7.40. The summed E-state index contributed by atoms with van der Waals surface area (Å²) in [6, 6.07) is 3.24. The fraction of sp³-hybridized carbons (Fsp3) is 0.200. The maximum atomic E-state index is 14.1. The Hall–Kier alpha value is -1.85. The molecule has 3 heterocycles. The average molecular weight is 340 g/mol. The van der Waals surface area contributed by atoms with Crippen molar-refractivity contribution in [1.82, 2.24) is 9.55 Å². The molecule has 1 aliphatic heterocycles. The zero-order valence-electron chi connectivity index (χ0n) is 11.4. The second kappa shape index (κ2) is 5.74. The van der Waals surface area contributed by atoms with Crippen molar-refractivity contribution < 1.29 is 9.18 Å². The number of primary amides is 1. The molecule has 114 valence electrons. The largest absolute Gasteiger partial charge is 0.369 e. The zero-order chi connectivity index (χ0) is 15.9. The second-order valence-electron chi connectivity index (χ2n) is 5.00. The molecule has 0 radical (unpaired) electrons. The lowest BCUT2D eigenvalue weighted by molar-refractivity contribution is -0.117. The molecule has 0 bridgehead atoms. The van der Waals surface area contributed by atoms with Gasteiger partial charge in [0.25, 0.3) is 0 Å². The fourth-order valence-corrected chi connectivity index (χ4v) is 3.22. The Bertz CT molecular complexity index is 798. The van der Waals surface area contributed by atoms with Crippen molar-refractivity contribution in [2.24, 2.45) is 5.73 Å². The quantitative estimate of drug-likeness (QED) is 0.871. The van der Waals surface area contributed by atoms with Crippen LogP contribution < -0.4 is 5.73 Å². The molecular formula is C15H12Cl2FN3O. The number of nitrogens with zero attached hydrogens (tertiary/aromatic N) is 2. The minimum absolute atomic E-state index is 0.0310. The van der Waals surface area contributed by atoms with Gasteiger partial charge in [-0.3, -0.25) is 4.79 Å². The van der Waals surface area contributed by atoms with Crippen LogP contribution in [0.25, 0.3) is 17.3 Å². The Labute approximate surface area is 136 Å². The van der Waals surface area contributed by atoms with Crippen LogP contribution in [0.1, 0.15) is 17.7 Å². The molecule has 2 aromatic heterocycles. The molecule has 0 atom stereocenters. The summed E-state index contributed by atoms with van der Waals surface area (Å²) >= 11 is 12.5. The molecule has 1 amide bonds. The molecule has 22 heavy (non-hydrogen) atoms. The first-order valence-electron chi connectivity index (χ1n) is 6.65. The second-order valence-corrected chi connectivity index (χ2v) is 5.87. The van der Waals surface area contributed by atoms with E-state index in [2.05, 4.69) is 4.98 Å². The fourth-order valence-electron chi connectivity index (χ4n) is 2.66. The third-order valence-electron chi connectivity index (χ3n) is 3.58. The van der Waals surface area contributed by atoms with Crippen molar-refractivity contribution in [2.75, 3.05) is 0 Å². The van der Waals surface area contributed by atoms with Gasteiger partial charge in [-0.1, -0.05) is 23.2 Å². The summed E-state index contributed by atoms with van der Waals surface area (Å²) in [5, 5.41) is 0.967. The van der Waals surface area contributed by atoms with Crippen molar-refractivity contribution in [3.8, 4) is 11.3 Å². The van der Waals surface area contributed by atoms with Crippen LogP contribution in [0.3, 0.4) is 0 Å². The lowest BCUT2D eigenvalue weighted by Gasteiger charge is -2.16. The Morgan fingerprint density at radius 2 is 2.23 bits per heavy atom. The van der Waals surface area contributed by atoms with E-state index in [0.29, 0.717) is 40.0 Å². The number of hydrogen-bond donors (Lipinski definition) is 1. The van der Waals surface area contributed by atoms with Crippen molar-refractivity contribution >= 4 is 35.2 Å². The van der Waals surface area contributed by atoms with E-state index in [-0.39, 0.29) is 12.0 Å². The third kappa shape index (κ3) is 2.51.